The van der Waals surface area contributed by atoms with Gasteiger partial charge in [-0.15, -0.1) is 0 Å². The third-order valence-corrected chi connectivity index (χ3v) is 4.10. The highest BCUT2D eigenvalue weighted by atomic mass is 16.4. The molecule has 2 atom stereocenters. The number of hydrogen-bond donors (Lipinski definition) is 2. The Balaban J connectivity index is 1.97. The zero-order valence-corrected chi connectivity index (χ0v) is 13.1. The van der Waals surface area contributed by atoms with Crippen molar-refractivity contribution in [2.75, 3.05) is 18.4 Å². The predicted molar refractivity (Wildman–Crippen MR) is 83.6 cm³/mol. The van der Waals surface area contributed by atoms with E-state index in [-0.39, 0.29) is 11.8 Å². The molecule has 2 rings (SSSR count). The number of carbonyl (C=O) groups is 2. The molecule has 2 N–H and O–H groups in total. The number of aryl methyl sites for hydroxylation is 1. The average Bonchev–Trinajstić information content (AvgIpc) is 2.50. The summed E-state index contributed by atoms with van der Waals surface area (Å²) in [6.07, 6.45) is 3.87. The van der Waals surface area contributed by atoms with Crippen LogP contribution in [0.3, 0.4) is 0 Å². The van der Waals surface area contributed by atoms with Gasteiger partial charge in [-0.25, -0.2) is 4.98 Å². The lowest BCUT2D eigenvalue weighted by Crippen LogP contribution is -2.48. The normalized spacial score (nSPS) is 20.4. The van der Waals surface area contributed by atoms with Gasteiger partial charge in [0.25, 0.3) is 0 Å². The second-order valence-electron chi connectivity index (χ2n) is 5.81. The molecule has 1 aliphatic heterocycles. The molecule has 0 bridgehead atoms. The number of nitrogens with one attached hydrogen (secondary N) is 1. The van der Waals surface area contributed by atoms with E-state index in [9.17, 15) is 14.7 Å². The minimum absolute atomic E-state index is 0.0821. The SMILES string of the molecule is CCC(C(=O)O)N1CCCC(C(=O)Nc2ccc(C)cn2)C1. The summed E-state index contributed by atoms with van der Waals surface area (Å²) in [5.41, 5.74) is 1.04. The molecule has 1 aromatic heterocycles. The fourth-order valence-corrected chi connectivity index (χ4v) is 2.86. The van der Waals surface area contributed by atoms with Crippen molar-refractivity contribution in [1.29, 1.82) is 0 Å². The Kier molecular flexibility index (Phi) is 5.49. The first-order chi connectivity index (χ1) is 10.5. The van der Waals surface area contributed by atoms with Gasteiger partial charge in [0.05, 0.1) is 5.92 Å². The quantitative estimate of drug-likeness (QED) is 0.868. The van der Waals surface area contributed by atoms with E-state index >= 15 is 0 Å². The molecule has 2 unspecified atom stereocenters. The lowest BCUT2D eigenvalue weighted by Gasteiger charge is -2.35. The van der Waals surface area contributed by atoms with E-state index in [2.05, 4.69) is 10.3 Å². The molecule has 1 aliphatic rings. The number of anilines is 1. The van der Waals surface area contributed by atoms with Crippen LogP contribution in [-0.2, 0) is 9.59 Å². The number of aliphatic carboxylic acids is 1. The summed E-state index contributed by atoms with van der Waals surface area (Å²) in [5, 5.41) is 12.1. The van der Waals surface area contributed by atoms with Crippen LogP contribution in [0.2, 0.25) is 0 Å². The van der Waals surface area contributed by atoms with Crippen molar-refractivity contribution in [1.82, 2.24) is 9.88 Å². The van der Waals surface area contributed by atoms with E-state index in [0.717, 1.165) is 24.9 Å². The first kappa shape index (κ1) is 16.4. The molecular formula is C16H23N3O3. The molecule has 2 heterocycles. The Labute approximate surface area is 130 Å². The zero-order chi connectivity index (χ0) is 16.1. The van der Waals surface area contributed by atoms with Crippen LogP contribution in [-0.4, -0.2) is 46.0 Å². The maximum Gasteiger partial charge on any atom is 0.320 e. The molecule has 22 heavy (non-hydrogen) atoms. The maximum absolute atomic E-state index is 12.4. The molecule has 0 saturated carbocycles. The van der Waals surface area contributed by atoms with Crippen molar-refractivity contribution in [2.24, 2.45) is 5.92 Å². The Morgan fingerprint density at radius 2 is 2.27 bits per heavy atom. The van der Waals surface area contributed by atoms with Crippen LogP contribution in [0.25, 0.3) is 0 Å². The van der Waals surface area contributed by atoms with Crippen LogP contribution in [0.4, 0.5) is 5.82 Å². The summed E-state index contributed by atoms with van der Waals surface area (Å²) >= 11 is 0. The topological polar surface area (TPSA) is 82.5 Å². The monoisotopic (exact) mass is 305 g/mol. The fraction of sp³-hybridized carbons (Fsp3) is 0.562. The second kappa shape index (κ2) is 7.35. The lowest BCUT2D eigenvalue weighted by atomic mass is 9.95. The number of pyridine rings is 1. The number of likely N-dealkylation sites (tertiary alicyclic amines) is 1. The van der Waals surface area contributed by atoms with Gasteiger partial charge in [-0.1, -0.05) is 13.0 Å². The summed E-state index contributed by atoms with van der Waals surface area (Å²) in [4.78, 5) is 29.7. The molecule has 0 aromatic carbocycles. The summed E-state index contributed by atoms with van der Waals surface area (Å²) in [6.45, 7) is 5.02. The standard InChI is InChI=1S/C16H23N3O3/c1-3-13(16(21)22)19-8-4-5-12(10-19)15(20)18-14-7-6-11(2)9-17-14/h6-7,9,12-13H,3-5,8,10H2,1-2H3,(H,21,22)(H,17,18,20). The number of aromatic nitrogens is 1. The molecule has 6 nitrogen and oxygen atoms in total. The second-order valence-corrected chi connectivity index (χ2v) is 5.81. The van der Waals surface area contributed by atoms with E-state index in [0.29, 0.717) is 18.8 Å². The minimum Gasteiger partial charge on any atom is -0.480 e. The molecule has 6 heteroatoms. The van der Waals surface area contributed by atoms with Gasteiger partial charge in [-0.2, -0.15) is 0 Å². The van der Waals surface area contributed by atoms with Crippen LogP contribution < -0.4 is 5.32 Å². The van der Waals surface area contributed by atoms with Crippen molar-refractivity contribution < 1.29 is 14.7 Å². The van der Waals surface area contributed by atoms with Crippen LogP contribution in [0.15, 0.2) is 18.3 Å². The summed E-state index contributed by atoms with van der Waals surface area (Å²) < 4.78 is 0. The molecule has 0 radical (unpaired) electrons. The Morgan fingerprint density at radius 1 is 1.50 bits per heavy atom. The van der Waals surface area contributed by atoms with Crippen LogP contribution in [0, 0.1) is 12.8 Å². The molecule has 1 amide bonds. The van der Waals surface area contributed by atoms with Crippen molar-refractivity contribution in [3.8, 4) is 0 Å². The number of carbonyl (C=O) groups excluding carboxylic acids is 1. The molecule has 1 fully saturated rings. The van der Waals surface area contributed by atoms with Gasteiger partial charge in [0.15, 0.2) is 0 Å². The van der Waals surface area contributed by atoms with Gasteiger partial charge >= 0.3 is 5.97 Å². The minimum atomic E-state index is -0.816. The number of rotatable bonds is 5. The van der Waals surface area contributed by atoms with E-state index in [1.165, 1.54) is 0 Å². The summed E-state index contributed by atoms with van der Waals surface area (Å²) in [6, 6.07) is 3.17. The van der Waals surface area contributed by atoms with E-state index in [1.807, 2.05) is 24.8 Å². The molecule has 120 valence electrons. The Bertz CT molecular complexity index is 530. The number of amides is 1. The van der Waals surface area contributed by atoms with E-state index in [4.69, 9.17) is 0 Å². The highest BCUT2D eigenvalue weighted by Gasteiger charge is 2.32. The third kappa shape index (κ3) is 4.04. The van der Waals surface area contributed by atoms with E-state index in [1.54, 1.807) is 12.3 Å². The third-order valence-electron chi connectivity index (χ3n) is 4.10. The fourth-order valence-electron chi connectivity index (χ4n) is 2.86. The Hall–Kier alpha value is -1.95. The lowest BCUT2D eigenvalue weighted by molar-refractivity contribution is -0.145. The number of hydrogen-bond acceptors (Lipinski definition) is 4. The number of piperidine rings is 1. The molecular weight excluding hydrogens is 282 g/mol. The first-order valence-corrected chi connectivity index (χ1v) is 7.71. The van der Waals surface area contributed by atoms with Gasteiger partial charge in [-0.3, -0.25) is 14.5 Å². The maximum atomic E-state index is 12.4. The largest absolute Gasteiger partial charge is 0.480 e. The number of carboxylic acid groups (broad SMARTS) is 1. The van der Waals surface area contributed by atoms with Crippen molar-refractivity contribution >= 4 is 17.7 Å². The zero-order valence-electron chi connectivity index (χ0n) is 13.1. The molecule has 1 aromatic rings. The predicted octanol–water partition coefficient (Wildman–Crippen LogP) is 1.90. The number of nitrogens with zero attached hydrogens (tertiary/aromatic N) is 2. The van der Waals surface area contributed by atoms with Gasteiger partial charge in [0.2, 0.25) is 5.91 Å². The highest BCUT2D eigenvalue weighted by molar-refractivity contribution is 5.92. The van der Waals surface area contributed by atoms with Gasteiger partial charge in [-0.05, 0) is 44.4 Å². The highest BCUT2D eigenvalue weighted by Crippen LogP contribution is 2.21. The van der Waals surface area contributed by atoms with E-state index < -0.39 is 12.0 Å². The van der Waals surface area contributed by atoms with Gasteiger partial charge in [0.1, 0.15) is 11.9 Å². The van der Waals surface area contributed by atoms with Crippen molar-refractivity contribution in [2.45, 2.75) is 39.2 Å². The van der Waals surface area contributed by atoms with Crippen LogP contribution in [0.1, 0.15) is 31.7 Å². The number of carboxylic acids is 1. The van der Waals surface area contributed by atoms with Crippen LogP contribution >= 0.6 is 0 Å². The average molecular weight is 305 g/mol. The summed E-state index contributed by atoms with van der Waals surface area (Å²) in [7, 11) is 0. The van der Waals surface area contributed by atoms with Gasteiger partial charge < -0.3 is 10.4 Å². The smallest absolute Gasteiger partial charge is 0.320 e. The summed E-state index contributed by atoms with van der Waals surface area (Å²) in [5.74, 6) is -0.548. The molecule has 1 saturated heterocycles. The van der Waals surface area contributed by atoms with Crippen molar-refractivity contribution in [3.05, 3.63) is 23.9 Å². The van der Waals surface area contributed by atoms with Gasteiger partial charge in [0, 0.05) is 12.7 Å². The Morgan fingerprint density at radius 3 is 2.86 bits per heavy atom. The van der Waals surface area contributed by atoms with Crippen molar-refractivity contribution in [3.63, 3.8) is 0 Å². The molecule has 0 spiro atoms. The molecule has 0 aliphatic carbocycles. The first-order valence-electron chi connectivity index (χ1n) is 7.71. The van der Waals surface area contributed by atoms with Crippen LogP contribution in [0.5, 0.6) is 0 Å².